The van der Waals surface area contributed by atoms with Crippen LogP contribution in [-0.4, -0.2) is 52.2 Å². The maximum Gasteiger partial charge on any atom is 0.188 e. The van der Waals surface area contributed by atoms with Gasteiger partial charge in [0.15, 0.2) is 18.3 Å². The lowest BCUT2D eigenvalue weighted by molar-refractivity contribution is 0.0485. The molecule has 1 heterocycles. The Hall–Kier alpha value is -1.50. The summed E-state index contributed by atoms with van der Waals surface area (Å²) in [5.41, 5.74) is 1.71. The van der Waals surface area contributed by atoms with Crippen molar-refractivity contribution in [1.29, 1.82) is 5.26 Å². The summed E-state index contributed by atoms with van der Waals surface area (Å²) in [5, 5.41) is 9.43. The number of ether oxygens (including phenoxy) is 4. The molecule has 1 aromatic carbocycles. The van der Waals surface area contributed by atoms with Crippen LogP contribution in [0.25, 0.3) is 0 Å². The Morgan fingerprint density at radius 2 is 2.12 bits per heavy atom. The van der Waals surface area contributed by atoms with E-state index in [-0.39, 0.29) is 6.79 Å². The molecule has 0 saturated carbocycles. The molecule has 1 saturated heterocycles. The second kappa shape index (κ2) is 9.71. The second-order valence-electron chi connectivity index (χ2n) is 5.25. The van der Waals surface area contributed by atoms with Crippen molar-refractivity contribution in [3.05, 3.63) is 33.0 Å². The van der Waals surface area contributed by atoms with E-state index in [1.165, 1.54) is 0 Å². The molecule has 0 radical (unpaired) electrons. The Kier molecular flexibility index (Phi) is 7.62. The number of hydrogen-bond donors (Lipinski definition) is 0. The van der Waals surface area contributed by atoms with E-state index in [1.807, 2.05) is 18.3 Å². The molecule has 0 unspecified atom stereocenters. The third-order valence-electron chi connectivity index (χ3n) is 3.53. The summed E-state index contributed by atoms with van der Waals surface area (Å²) in [6, 6.07) is 6.19. The number of nitrogens with zero attached hydrogens (tertiary/aromatic N) is 2. The molecule has 1 fully saturated rings. The Morgan fingerprint density at radius 1 is 1.38 bits per heavy atom. The normalized spacial score (nSPS) is 15.1. The van der Waals surface area contributed by atoms with E-state index in [9.17, 15) is 5.26 Å². The third kappa shape index (κ3) is 5.26. The smallest absolute Gasteiger partial charge is 0.188 e. The van der Waals surface area contributed by atoms with Crippen molar-refractivity contribution in [2.45, 2.75) is 6.42 Å². The molecular formula is C17H21IN2O4. The molecule has 0 aliphatic carbocycles. The maximum absolute atomic E-state index is 9.43. The number of allylic oxidation sites excluding steroid dienone is 1. The molecule has 1 aliphatic heterocycles. The Morgan fingerprint density at radius 3 is 2.75 bits per heavy atom. The summed E-state index contributed by atoms with van der Waals surface area (Å²) in [7, 11) is 3.17. The minimum Gasteiger partial charge on any atom is -0.493 e. The van der Waals surface area contributed by atoms with Gasteiger partial charge in [0.25, 0.3) is 0 Å². The molecular weight excluding hydrogens is 423 g/mol. The van der Waals surface area contributed by atoms with Crippen LogP contribution in [0.2, 0.25) is 0 Å². The zero-order valence-electron chi connectivity index (χ0n) is 13.9. The van der Waals surface area contributed by atoms with Crippen LogP contribution in [0.5, 0.6) is 11.5 Å². The predicted molar refractivity (Wildman–Crippen MR) is 98.0 cm³/mol. The molecule has 24 heavy (non-hydrogen) atoms. The summed E-state index contributed by atoms with van der Waals surface area (Å²) in [4.78, 5) is 2.13. The number of halogens is 1. The van der Waals surface area contributed by atoms with Gasteiger partial charge in [0.1, 0.15) is 0 Å². The fraction of sp³-hybridized carbons (Fsp3) is 0.471. The third-order valence-corrected chi connectivity index (χ3v) is 4.33. The lowest BCUT2D eigenvalue weighted by Gasteiger charge is -2.25. The van der Waals surface area contributed by atoms with Gasteiger partial charge in [-0.2, -0.15) is 5.26 Å². The molecule has 130 valence electrons. The van der Waals surface area contributed by atoms with Crippen LogP contribution >= 0.6 is 22.6 Å². The quantitative estimate of drug-likeness (QED) is 0.366. The molecule has 0 bridgehead atoms. The van der Waals surface area contributed by atoms with Crippen LogP contribution in [0.3, 0.4) is 0 Å². The summed E-state index contributed by atoms with van der Waals surface area (Å²) in [6.07, 6.45) is 2.47. The molecule has 1 aromatic rings. The maximum atomic E-state index is 9.43. The zero-order valence-corrected chi connectivity index (χ0v) is 16.0. The highest BCUT2D eigenvalue weighted by Gasteiger charge is 2.14. The summed E-state index contributed by atoms with van der Waals surface area (Å²) in [5.74, 6) is 1.29. The van der Waals surface area contributed by atoms with Gasteiger partial charge < -0.3 is 23.8 Å². The summed E-state index contributed by atoms with van der Waals surface area (Å²) < 4.78 is 22.2. The predicted octanol–water partition coefficient (Wildman–Crippen LogP) is 2.56. The van der Waals surface area contributed by atoms with Crippen molar-refractivity contribution in [1.82, 2.24) is 4.90 Å². The van der Waals surface area contributed by atoms with Crippen LogP contribution in [0.15, 0.2) is 23.9 Å². The van der Waals surface area contributed by atoms with Gasteiger partial charge in [-0.1, -0.05) is 0 Å². The Labute approximate surface area is 156 Å². The number of rotatable bonds is 7. The van der Waals surface area contributed by atoms with Gasteiger partial charge in [0.2, 0.25) is 0 Å². The van der Waals surface area contributed by atoms with Crippen LogP contribution in [0, 0.1) is 14.9 Å². The molecule has 0 N–H and O–H groups in total. The zero-order chi connectivity index (χ0) is 17.4. The van der Waals surface area contributed by atoms with Gasteiger partial charge in [-0.25, -0.2) is 0 Å². The lowest BCUT2D eigenvalue weighted by atomic mass is 10.1. The van der Waals surface area contributed by atoms with E-state index in [4.69, 9.17) is 18.9 Å². The van der Waals surface area contributed by atoms with Crippen molar-refractivity contribution in [2.75, 3.05) is 47.3 Å². The van der Waals surface area contributed by atoms with E-state index in [2.05, 4.69) is 33.6 Å². The number of benzene rings is 1. The minimum absolute atomic E-state index is 0.159. The van der Waals surface area contributed by atoms with Crippen LogP contribution < -0.4 is 9.47 Å². The largest absolute Gasteiger partial charge is 0.493 e. The second-order valence-corrected chi connectivity index (χ2v) is 6.41. The molecule has 0 aromatic heterocycles. The molecule has 7 heteroatoms. The van der Waals surface area contributed by atoms with Crippen LogP contribution in [0.1, 0.15) is 5.56 Å². The van der Waals surface area contributed by atoms with Gasteiger partial charge in [-0.15, -0.1) is 0 Å². The first-order valence-corrected chi connectivity index (χ1v) is 8.66. The van der Waals surface area contributed by atoms with E-state index in [1.54, 1.807) is 14.2 Å². The number of nitriles is 1. The first-order valence-electron chi connectivity index (χ1n) is 7.58. The molecule has 0 atom stereocenters. The number of hydrogen-bond acceptors (Lipinski definition) is 6. The van der Waals surface area contributed by atoms with Gasteiger partial charge in [-0.05, 0) is 40.3 Å². The SMILES string of the molecule is COCOc1c(I)cc(CC(C#N)=CN2CCOCC2)cc1OC. The van der Waals surface area contributed by atoms with Crippen LogP contribution in [0.4, 0.5) is 0 Å². The van der Waals surface area contributed by atoms with Gasteiger partial charge in [0, 0.05) is 38.4 Å². The number of morpholine rings is 1. The Bertz CT molecular complexity index is 622. The van der Waals surface area contributed by atoms with Crippen molar-refractivity contribution in [2.24, 2.45) is 0 Å². The van der Waals surface area contributed by atoms with Gasteiger partial charge in [0.05, 0.1) is 30.0 Å². The van der Waals surface area contributed by atoms with Gasteiger partial charge in [-0.3, -0.25) is 0 Å². The lowest BCUT2D eigenvalue weighted by Crippen LogP contribution is -2.32. The van der Waals surface area contributed by atoms with E-state index >= 15 is 0 Å². The van der Waals surface area contributed by atoms with E-state index in [0.717, 1.165) is 22.2 Å². The first-order chi connectivity index (χ1) is 11.7. The van der Waals surface area contributed by atoms with E-state index in [0.29, 0.717) is 36.7 Å². The van der Waals surface area contributed by atoms with Crippen molar-refractivity contribution in [3.63, 3.8) is 0 Å². The topological polar surface area (TPSA) is 64.0 Å². The average Bonchev–Trinajstić information content (AvgIpc) is 2.60. The standard InChI is InChI=1S/C17H21IN2O4/c1-21-12-24-17-15(18)8-13(9-16(17)22-2)7-14(10-19)11-20-3-5-23-6-4-20/h8-9,11H,3-7,12H2,1-2H3. The molecule has 2 rings (SSSR count). The molecule has 6 nitrogen and oxygen atoms in total. The highest BCUT2D eigenvalue weighted by Crippen LogP contribution is 2.34. The van der Waals surface area contributed by atoms with E-state index < -0.39 is 0 Å². The van der Waals surface area contributed by atoms with Crippen LogP contribution in [-0.2, 0) is 15.9 Å². The van der Waals surface area contributed by atoms with Crippen molar-refractivity contribution >= 4 is 22.6 Å². The number of methoxy groups -OCH3 is 2. The van der Waals surface area contributed by atoms with Gasteiger partial charge >= 0.3 is 0 Å². The average molecular weight is 444 g/mol. The monoisotopic (exact) mass is 444 g/mol. The van der Waals surface area contributed by atoms with Crippen molar-refractivity contribution < 1.29 is 18.9 Å². The minimum atomic E-state index is 0.159. The fourth-order valence-corrected chi connectivity index (χ4v) is 3.22. The molecule has 0 amide bonds. The molecule has 1 aliphatic rings. The summed E-state index contributed by atoms with van der Waals surface area (Å²) in [6.45, 7) is 3.19. The highest BCUT2D eigenvalue weighted by molar-refractivity contribution is 14.1. The Balaban J connectivity index is 2.17. The van der Waals surface area contributed by atoms with Crippen molar-refractivity contribution in [3.8, 4) is 17.6 Å². The highest BCUT2D eigenvalue weighted by atomic mass is 127. The first kappa shape index (κ1) is 18.8. The molecule has 0 spiro atoms. The fourth-order valence-electron chi connectivity index (χ4n) is 2.39. The summed E-state index contributed by atoms with van der Waals surface area (Å²) >= 11 is 2.20.